The first-order valence-electron chi connectivity index (χ1n) is 8.61. The van der Waals surface area contributed by atoms with Gasteiger partial charge in [-0.1, -0.05) is 30.3 Å². The summed E-state index contributed by atoms with van der Waals surface area (Å²) in [6.07, 6.45) is 1.78. The van der Waals surface area contributed by atoms with Crippen LogP contribution in [0.1, 0.15) is 18.1 Å². The number of H-pyrrole nitrogens is 1. The second-order valence-electron chi connectivity index (χ2n) is 6.71. The highest BCUT2D eigenvalue weighted by atomic mass is 16.6. The summed E-state index contributed by atoms with van der Waals surface area (Å²) in [7, 11) is 0. The summed E-state index contributed by atoms with van der Waals surface area (Å²) >= 11 is 0. The Morgan fingerprint density at radius 2 is 1.82 bits per heavy atom. The number of carboxylic acids is 1. The summed E-state index contributed by atoms with van der Waals surface area (Å²) in [5.74, 6) is -1.64. The van der Waals surface area contributed by atoms with Crippen LogP contribution in [-0.2, 0) is 22.4 Å². The number of aromatic amines is 1. The smallest absolute Gasteiger partial charge is 0.330 e. The third-order valence-corrected chi connectivity index (χ3v) is 4.64. The van der Waals surface area contributed by atoms with Crippen LogP contribution in [0.15, 0.2) is 54.7 Å². The molecule has 1 aromatic heterocycles. The molecule has 0 radical (unpaired) electrons. The van der Waals surface area contributed by atoms with E-state index in [1.54, 1.807) is 6.20 Å². The van der Waals surface area contributed by atoms with E-state index in [0.717, 1.165) is 16.5 Å². The summed E-state index contributed by atoms with van der Waals surface area (Å²) in [4.78, 5) is 37.5. The number of benzene rings is 2. The van der Waals surface area contributed by atoms with E-state index < -0.39 is 22.3 Å². The maximum atomic E-state index is 12.3. The van der Waals surface area contributed by atoms with Gasteiger partial charge >= 0.3 is 5.97 Å². The van der Waals surface area contributed by atoms with Crippen molar-refractivity contribution in [1.29, 1.82) is 0 Å². The Kier molecular flexibility index (Phi) is 5.12. The van der Waals surface area contributed by atoms with Crippen LogP contribution in [0.5, 0.6) is 0 Å². The maximum absolute atomic E-state index is 12.3. The molecule has 28 heavy (non-hydrogen) atoms. The molecule has 1 heterocycles. The zero-order valence-corrected chi connectivity index (χ0v) is 15.1. The molecular weight excluding hydrogens is 362 g/mol. The van der Waals surface area contributed by atoms with Crippen molar-refractivity contribution in [3.63, 3.8) is 0 Å². The number of hydrogen-bond donors (Lipinski definition) is 3. The normalized spacial score (nSPS) is 13.0. The highest BCUT2D eigenvalue weighted by Gasteiger charge is 2.40. The first-order chi connectivity index (χ1) is 13.3. The molecule has 1 unspecified atom stereocenters. The summed E-state index contributed by atoms with van der Waals surface area (Å²) in [6.45, 7) is 1.27. The Morgan fingerprint density at radius 3 is 2.43 bits per heavy atom. The van der Waals surface area contributed by atoms with Gasteiger partial charge < -0.3 is 15.4 Å². The molecule has 144 valence electrons. The lowest BCUT2D eigenvalue weighted by atomic mass is 9.84. The Morgan fingerprint density at radius 1 is 1.14 bits per heavy atom. The number of carbonyl (C=O) groups is 2. The Hall–Kier alpha value is -3.68. The van der Waals surface area contributed by atoms with Crippen LogP contribution in [0.3, 0.4) is 0 Å². The minimum absolute atomic E-state index is 0.0145. The molecule has 0 fully saturated rings. The van der Waals surface area contributed by atoms with Crippen molar-refractivity contribution in [1.82, 2.24) is 10.3 Å². The van der Waals surface area contributed by atoms with Crippen molar-refractivity contribution in [3.8, 4) is 0 Å². The number of aromatic nitrogens is 1. The first-order valence-corrected chi connectivity index (χ1v) is 8.61. The highest BCUT2D eigenvalue weighted by molar-refractivity contribution is 5.89. The van der Waals surface area contributed by atoms with Crippen molar-refractivity contribution in [2.75, 3.05) is 0 Å². The molecule has 0 bridgehead atoms. The van der Waals surface area contributed by atoms with E-state index in [1.165, 1.54) is 31.2 Å². The largest absolute Gasteiger partial charge is 0.479 e. The molecule has 3 aromatic rings. The molecule has 0 aliphatic heterocycles. The van der Waals surface area contributed by atoms with Gasteiger partial charge in [-0.2, -0.15) is 0 Å². The zero-order chi connectivity index (χ0) is 20.3. The average molecular weight is 381 g/mol. The van der Waals surface area contributed by atoms with Crippen molar-refractivity contribution in [2.45, 2.75) is 25.3 Å². The molecule has 0 saturated heterocycles. The molecule has 8 heteroatoms. The molecule has 1 amide bonds. The van der Waals surface area contributed by atoms with Gasteiger partial charge in [-0.05, 0) is 17.2 Å². The summed E-state index contributed by atoms with van der Waals surface area (Å²) < 4.78 is 0. The van der Waals surface area contributed by atoms with E-state index in [2.05, 4.69) is 10.3 Å². The second kappa shape index (κ2) is 7.51. The molecule has 1 atom stereocenters. The number of aliphatic carboxylic acids is 1. The van der Waals surface area contributed by atoms with Gasteiger partial charge in [0.15, 0.2) is 0 Å². The van der Waals surface area contributed by atoms with E-state index in [9.17, 15) is 24.8 Å². The third kappa shape index (κ3) is 3.85. The van der Waals surface area contributed by atoms with Crippen LogP contribution in [0.2, 0.25) is 0 Å². The van der Waals surface area contributed by atoms with Crippen LogP contribution in [0.4, 0.5) is 5.69 Å². The summed E-state index contributed by atoms with van der Waals surface area (Å²) in [5, 5.41) is 24.3. The quantitative estimate of drug-likeness (QED) is 0.429. The standard InChI is InChI=1S/C20H19N3O5/c1-13(24)22-20(19(25)26,10-14-6-8-16(9-7-14)23(27)28)11-15-12-21-18-5-3-2-4-17(15)18/h2-9,12,21H,10-11H2,1H3,(H,22,24)(H,25,26). The number of para-hydroxylation sites is 1. The lowest BCUT2D eigenvalue weighted by Gasteiger charge is -2.30. The van der Waals surface area contributed by atoms with Gasteiger partial charge in [-0.3, -0.25) is 14.9 Å². The number of carbonyl (C=O) groups excluding carboxylic acids is 1. The summed E-state index contributed by atoms with van der Waals surface area (Å²) in [6, 6.07) is 13.2. The van der Waals surface area contributed by atoms with Gasteiger partial charge in [0.1, 0.15) is 5.54 Å². The topological polar surface area (TPSA) is 125 Å². The van der Waals surface area contributed by atoms with E-state index in [4.69, 9.17) is 0 Å². The number of nitrogens with zero attached hydrogens (tertiary/aromatic N) is 1. The molecule has 3 N–H and O–H groups in total. The van der Waals surface area contributed by atoms with Gasteiger partial charge in [0.25, 0.3) is 5.69 Å². The molecule has 2 aromatic carbocycles. The SMILES string of the molecule is CC(=O)NC(Cc1ccc([N+](=O)[O-])cc1)(Cc1c[nH]c2ccccc12)C(=O)O. The van der Waals surface area contributed by atoms with Crippen LogP contribution in [0.25, 0.3) is 10.9 Å². The first kappa shape index (κ1) is 19.1. The lowest BCUT2D eigenvalue weighted by molar-refractivity contribution is -0.384. The Balaban J connectivity index is 2.00. The van der Waals surface area contributed by atoms with E-state index in [0.29, 0.717) is 5.56 Å². The number of non-ortho nitro benzene ring substituents is 1. The van der Waals surface area contributed by atoms with E-state index >= 15 is 0 Å². The van der Waals surface area contributed by atoms with E-state index in [-0.39, 0.29) is 18.5 Å². The Bertz CT molecular complexity index is 1040. The fourth-order valence-corrected chi connectivity index (χ4v) is 3.38. The number of nitro benzene ring substituents is 1. The van der Waals surface area contributed by atoms with Crippen molar-refractivity contribution < 1.29 is 19.6 Å². The fraction of sp³-hybridized carbons (Fsp3) is 0.200. The second-order valence-corrected chi connectivity index (χ2v) is 6.71. The molecule has 0 saturated carbocycles. The number of nitrogens with one attached hydrogen (secondary N) is 2. The number of carboxylic acid groups (broad SMARTS) is 1. The van der Waals surface area contributed by atoms with Crippen LogP contribution >= 0.6 is 0 Å². The molecule has 0 aliphatic rings. The third-order valence-electron chi connectivity index (χ3n) is 4.64. The highest BCUT2D eigenvalue weighted by Crippen LogP contribution is 2.26. The maximum Gasteiger partial charge on any atom is 0.330 e. The van der Waals surface area contributed by atoms with Crippen molar-refractivity contribution in [3.05, 3.63) is 76.0 Å². The minimum Gasteiger partial charge on any atom is -0.479 e. The zero-order valence-electron chi connectivity index (χ0n) is 15.1. The monoisotopic (exact) mass is 381 g/mol. The number of nitro groups is 1. The fourth-order valence-electron chi connectivity index (χ4n) is 3.38. The van der Waals surface area contributed by atoms with E-state index in [1.807, 2.05) is 24.3 Å². The average Bonchev–Trinajstić information content (AvgIpc) is 3.04. The van der Waals surface area contributed by atoms with Crippen LogP contribution < -0.4 is 5.32 Å². The predicted molar refractivity (Wildman–Crippen MR) is 103 cm³/mol. The lowest BCUT2D eigenvalue weighted by Crippen LogP contribution is -2.57. The van der Waals surface area contributed by atoms with Crippen LogP contribution in [0, 0.1) is 10.1 Å². The van der Waals surface area contributed by atoms with Crippen molar-refractivity contribution >= 4 is 28.5 Å². The molecular formula is C20H19N3O5. The van der Waals surface area contributed by atoms with Gasteiger partial charge in [-0.15, -0.1) is 0 Å². The minimum atomic E-state index is -1.59. The van der Waals surface area contributed by atoms with Gasteiger partial charge in [0.2, 0.25) is 5.91 Å². The van der Waals surface area contributed by atoms with Gasteiger partial charge in [0.05, 0.1) is 4.92 Å². The molecule has 0 aliphatic carbocycles. The Labute approximate surface area is 160 Å². The molecule has 0 spiro atoms. The number of fused-ring (bicyclic) bond motifs is 1. The van der Waals surface area contributed by atoms with Crippen LogP contribution in [-0.4, -0.2) is 32.4 Å². The number of hydrogen-bond acceptors (Lipinski definition) is 4. The predicted octanol–water partition coefficient (Wildman–Crippen LogP) is 2.82. The number of rotatable bonds is 7. The molecule has 3 rings (SSSR count). The molecule has 8 nitrogen and oxygen atoms in total. The van der Waals surface area contributed by atoms with Crippen molar-refractivity contribution in [2.24, 2.45) is 0 Å². The number of amides is 1. The van der Waals surface area contributed by atoms with Gasteiger partial charge in [0, 0.05) is 49.0 Å². The summed E-state index contributed by atoms with van der Waals surface area (Å²) in [5.41, 5.74) is 0.526. The van der Waals surface area contributed by atoms with Gasteiger partial charge in [-0.25, -0.2) is 4.79 Å².